The molecule has 0 amide bonds. The van der Waals surface area contributed by atoms with E-state index in [-0.39, 0.29) is 11.5 Å². The minimum absolute atomic E-state index is 0.283. The van der Waals surface area contributed by atoms with Crippen LogP contribution in [0.4, 0.5) is 5.82 Å². The molecular formula is C11H17N3O2S2. The molecule has 1 aromatic rings. The minimum Gasteiger partial charge on any atom is -0.389 e. The molecule has 1 aromatic heterocycles. The summed E-state index contributed by atoms with van der Waals surface area (Å²) < 4.78 is 22.2. The minimum atomic E-state index is -3.13. The molecule has 0 atom stereocenters. The highest BCUT2D eigenvalue weighted by atomic mass is 32.2. The second kappa shape index (κ2) is 5.19. The van der Waals surface area contributed by atoms with Gasteiger partial charge in [-0.3, -0.25) is 0 Å². The van der Waals surface area contributed by atoms with Crippen molar-refractivity contribution in [2.75, 3.05) is 18.1 Å². The molecule has 5 nitrogen and oxygen atoms in total. The molecule has 1 heterocycles. The van der Waals surface area contributed by atoms with Crippen LogP contribution in [0.1, 0.15) is 19.4 Å². The zero-order valence-electron chi connectivity index (χ0n) is 10.6. The first kappa shape index (κ1) is 14.8. The summed E-state index contributed by atoms with van der Waals surface area (Å²) in [6, 6.07) is 3.46. The Kier molecular flexibility index (Phi) is 4.28. The molecule has 0 saturated carbocycles. The van der Waals surface area contributed by atoms with Crippen molar-refractivity contribution < 1.29 is 8.42 Å². The van der Waals surface area contributed by atoms with E-state index in [1.165, 1.54) is 6.26 Å². The maximum atomic E-state index is 11.5. The van der Waals surface area contributed by atoms with Gasteiger partial charge in [0, 0.05) is 24.6 Å². The number of rotatable bonds is 5. The standard InChI is InChI=1S/C11H17N3O2S2/c1-11(2,18(3,15)16)7-14-9-5-4-8(6-13-9)10(12)17/h4-6H,7H2,1-3H3,(H2,12,17)(H,13,14). The van der Waals surface area contributed by atoms with Crippen molar-refractivity contribution in [3.63, 3.8) is 0 Å². The molecule has 100 valence electrons. The number of hydrogen-bond donors (Lipinski definition) is 2. The predicted octanol–water partition coefficient (Wildman–Crippen LogP) is 0.951. The van der Waals surface area contributed by atoms with Crippen LogP contribution >= 0.6 is 12.2 Å². The van der Waals surface area contributed by atoms with Gasteiger partial charge in [0.05, 0.1) is 4.75 Å². The molecule has 0 spiro atoms. The van der Waals surface area contributed by atoms with E-state index in [1.54, 1.807) is 32.2 Å². The number of thiocarbonyl (C=S) groups is 1. The van der Waals surface area contributed by atoms with Crippen LogP contribution in [0.3, 0.4) is 0 Å². The number of aromatic nitrogens is 1. The van der Waals surface area contributed by atoms with Gasteiger partial charge in [-0.1, -0.05) is 12.2 Å². The highest BCUT2D eigenvalue weighted by Gasteiger charge is 2.29. The highest BCUT2D eigenvalue weighted by Crippen LogP contribution is 2.16. The number of nitrogens with one attached hydrogen (secondary N) is 1. The van der Waals surface area contributed by atoms with E-state index in [0.29, 0.717) is 11.4 Å². The topological polar surface area (TPSA) is 85.1 Å². The predicted molar refractivity (Wildman–Crippen MR) is 77.5 cm³/mol. The van der Waals surface area contributed by atoms with Gasteiger partial charge in [-0.25, -0.2) is 13.4 Å². The normalized spacial score (nSPS) is 12.2. The summed E-state index contributed by atoms with van der Waals surface area (Å²) in [5.74, 6) is 0.590. The molecule has 0 saturated heterocycles. The lowest BCUT2D eigenvalue weighted by atomic mass is 10.2. The van der Waals surface area contributed by atoms with Crippen LogP contribution in [0.15, 0.2) is 18.3 Å². The molecule has 0 aromatic carbocycles. The summed E-state index contributed by atoms with van der Waals surface area (Å²) in [7, 11) is -3.13. The Morgan fingerprint density at radius 2 is 2.11 bits per heavy atom. The van der Waals surface area contributed by atoms with E-state index < -0.39 is 14.6 Å². The Morgan fingerprint density at radius 1 is 1.50 bits per heavy atom. The highest BCUT2D eigenvalue weighted by molar-refractivity contribution is 7.92. The number of pyridine rings is 1. The van der Waals surface area contributed by atoms with Gasteiger partial charge < -0.3 is 11.1 Å². The Labute approximate surface area is 113 Å². The van der Waals surface area contributed by atoms with E-state index in [2.05, 4.69) is 10.3 Å². The average molecular weight is 287 g/mol. The Bertz CT molecular complexity index is 536. The molecule has 3 N–H and O–H groups in total. The quantitative estimate of drug-likeness (QED) is 0.784. The summed E-state index contributed by atoms with van der Waals surface area (Å²) >= 11 is 4.82. The summed E-state index contributed by atoms with van der Waals surface area (Å²) in [4.78, 5) is 4.39. The average Bonchev–Trinajstić information content (AvgIpc) is 2.25. The fourth-order valence-corrected chi connectivity index (χ4v) is 1.53. The van der Waals surface area contributed by atoms with Gasteiger partial charge in [0.1, 0.15) is 10.8 Å². The van der Waals surface area contributed by atoms with E-state index in [1.807, 2.05) is 0 Å². The fraction of sp³-hybridized carbons (Fsp3) is 0.455. The summed E-state index contributed by atoms with van der Waals surface area (Å²) in [6.07, 6.45) is 2.77. The summed E-state index contributed by atoms with van der Waals surface area (Å²) in [5.41, 5.74) is 6.13. The molecule has 0 fully saturated rings. The van der Waals surface area contributed by atoms with Gasteiger partial charge in [0.15, 0.2) is 9.84 Å². The Hall–Kier alpha value is -1.21. The van der Waals surface area contributed by atoms with Crippen LogP contribution < -0.4 is 11.1 Å². The lowest BCUT2D eigenvalue weighted by Crippen LogP contribution is -2.38. The fourth-order valence-electron chi connectivity index (χ4n) is 1.08. The van der Waals surface area contributed by atoms with Crippen LogP contribution in [-0.4, -0.2) is 35.9 Å². The van der Waals surface area contributed by atoms with Crippen molar-refractivity contribution in [2.45, 2.75) is 18.6 Å². The number of hydrogen-bond acceptors (Lipinski definition) is 5. The van der Waals surface area contributed by atoms with Crippen molar-refractivity contribution >= 4 is 32.9 Å². The van der Waals surface area contributed by atoms with E-state index >= 15 is 0 Å². The van der Waals surface area contributed by atoms with Crippen LogP contribution in [0, 0.1) is 0 Å². The van der Waals surface area contributed by atoms with Gasteiger partial charge in [-0.15, -0.1) is 0 Å². The summed E-state index contributed by atoms with van der Waals surface area (Å²) in [6.45, 7) is 3.61. The number of nitrogens with zero attached hydrogens (tertiary/aromatic N) is 1. The van der Waals surface area contributed by atoms with Crippen molar-refractivity contribution in [2.24, 2.45) is 5.73 Å². The van der Waals surface area contributed by atoms with E-state index in [9.17, 15) is 8.42 Å². The van der Waals surface area contributed by atoms with Crippen LogP contribution in [-0.2, 0) is 9.84 Å². The molecular weight excluding hydrogens is 270 g/mol. The van der Waals surface area contributed by atoms with Gasteiger partial charge >= 0.3 is 0 Å². The number of anilines is 1. The lowest BCUT2D eigenvalue weighted by Gasteiger charge is -2.23. The maximum Gasteiger partial charge on any atom is 0.154 e. The zero-order chi connectivity index (χ0) is 14.0. The van der Waals surface area contributed by atoms with E-state index in [4.69, 9.17) is 18.0 Å². The van der Waals surface area contributed by atoms with Gasteiger partial charge in [0.25, 0.3) is 0 Å². The van der Waals surface area contributed by atoms with Gasteiger partial charge in [0.2, 0.25) is 0 Å². The van der Waals surface area contributed by atoms with E-state index in [0.717, 1.165) is 0 Å². The molecule has 18 heavy (non-hydrogen) atoms. The third-order valence-corrected chi connectivity index (χ3v) is 5.13. The molecule has 0 bridgehead atoms. The lowest BCUT2D eigenvalue weighted by molar-refractivity contribution is 0.559. The van der Waals surface area contributed by atoms with Crippen LogP contribution in [0.25, 0.3) is 0 Å². The van der Waals surface area contributed by atoms with Crippen molar-refractivity contribution in [1.82, 2.24) is 4.98 Å². The number of sulfone groups is 1. The second-order valence-corrected chi connectivity index (χ2v) is 7.77. The zero-order valence-corrected chi connectivity index (χ0v) is 12.2. The molecule has 0 unspecified atom stereocenters. The first-order valence-electron chi connectivity index (χ1n) is 5.33. The molecule has 0 radical (unpaired) electrons. The second-order valence-electron chi connectivity index (χ2n) is 4.68. The Balaban J connectivity index is 2.73. The molecule has 0 aliphatic heterocycles. The van der Waals surface area contributed by atoms with Crippen LogP contribution in [0.2, 0.25) is 0 Å². The van der Waals surface area contributed by atoms with Crippen molar-refractivity contribution in [1.29, 1.82) is 0 Å². The third kappa shape index (κ3) is 3.64. The van der Waals surface area contributed by atoms with Crippen molar-refractivity contribution in [3.8, 4) is 0 Å². The third-order valence-electron chi connectivity index (χ3n) is 2.75. The maximum absolute atomic E-state index is 11.5. The smallest absolute Gasteiger partial charge is 0.154 e. The van der Waals surface area contributed by atoms with Gasteiger partial charge in [-0.2, -0.15) is 0 Å². The van der Waals surface area contributed by atoms with Crippen molar-refractivity contribution in [3.05, 3.63) is 23.9 Å². The molecule has 0 aliphatic rings. The van der Waals surface area contributed by atoms with Crippen LogP contribution in [0.5, 0.6) is 0 Å². The summed E-state index contributed by atoms with van der Waals surface area (Å²) in [5, 5.41) is 2.98. The Morgan fingerprint density at radius 3 is 2.50 bits per heavy atom. The first-order chi connectivity index (χ1) is 8.13. The number of nitrogens with two attached hydrogens (primary N) is 1. The molecule has 7 heteroatoms. The monoisotopic (exact) mass is 287 g/mol. The molecule has 1 rings (SSSR count). The molecule has 0 aliphatic carbocycles. The largest absolute Gasteiger partial charge is 0.389 e. The van der Waals surface area contributed by atoms with Gasteiger partial charge in [-0.05, 0) is 26.0 Å². The SMILES string of the molecule is CC(C)(CNc1ccc(C(N)=S)cn1)S(C)(=O)=O. The first-order valence-corrected chi connectivity index (χ1v) is 7.63.